The molecule has 0 aliphatic rings. The Morgan fingerprint density at radius 1 is 1.41 bits per heavy atom. The van der Waals surface area contributed by atoms with Crippen LogP contribution in [0.3, 0.4) is 0 Å². The molecule has 17 heavy (non-hydrogen) atoms. The van der Waals surface area contributed by atoms with Crippen LogP contribution in [0.4, 0.5) is 27.6 Å². The molecule has 0 spiro atoms. The van der Waals surface area contributed by atoms with E-state index in [0.717, 1.165) is 0 Å². The van der Waals surface area contributed by atoms with E-state index in [-0.39, 0.29) is 6.20 Å². The Labute approximate surface area is 95.2 Å². The highest BCUT2D eigenvalue weighted by Crippen LogP contribution is 2.41. The molecule has 0 bridgehead atoms. The average molecular weight is 277 g/mol. The lowest BCUT2D eigenvalue weighted by molar-refractivity contribution is -0.386. The first-order chi connectivity index (χ1) is 7.66. The molecule has 0 saturated heterocycles. The lowest BCUT2D eigenvalue weighted by Crippen LogP contribution is -2.10. The van der Waals surface area contributed by atoms with E-state index in [1.165, 1.54) is 0 Å². The van der Waals surface area contributed by atoms with Gasteiger partial charge < -0.3 is 0 Å². The predicted molar refractivity (Wildman–Crippen MR) is 45.9 cm³/mol. The largest absolute Gasteiger partial charge is 0.419 e. The fourth-order valence-corrected chi connectivity index (χ4v) is 1.34. The maximum Gasteiger partial charge on any atom is 0.419 e. The van der Waals surface area contributed by atoms with Gasteiger partial charge in [0, 0.05) is 6.20 Å². The number of hydrogen-bond donors (Lipinski definition) is 0. The summed E-state index contributed by atoms with van der Waals surface area (Å²) < 4.78 is 61.4. The van der Waals surface area contributed by atoms with E-state index in [2.05, 4.69) is 4.98 Å². The van der Waals surface area contributed by atoms with Crippen LogP contribution < -0.4 is 0 Å². The van der Waals surface area contributed by atoms with Gasteiger partial charge in [0.2, 0.25) is 0 Å². The molecule has 0 aliphatic heterocycles. The van der Waals surface area contributed by atoms with Crippen molar-refractivity contribution in [2.24, 2.45) is 0 Å². The Hall–Kier alpha value is -1.51. The van der Waals surface area contributed by atoms with Crippen molar-refractivity contribution in [2.75, 3.05) is 0 Å². The second-order valence-electron chi connectivity index (χ2n) is 2.78. The van der Waals surface area contributed by atoms with Crippen molar-refractivity contribution in [1.82, 2.24) is 4.98 Å². The number of nitro groups is 1. The third-order valence-corrected chi connectivity index (χ3v) is 2.10. The molecule has 0 saturated carbocycles. The van der Waals surface area contributed by atoms with Crippen molar-refractivity contribution in [3.05, 3.63) is 32.6 Å². The van der Waals surface area contributed by atoms with Crippen LogP contribution >= 0.6 is 11.6 Å². The number of rotatable bonds is 2. The Bertz CT molecular complexity index is 462. The van der Waals surface area contributed by atoms with Gasteiger partial charge in [-0.25, -0.2) is 13.8 Å². The molecule has 1 rings (SSSR count). The maximum absolute atomic E-state index is 12.3. The molecule has 0 unspecified atom stereocenters. The van der Waals surface area contributed by atoms with E-state index in [0.29, 0.717) is 0 Å². The van der Waals surface area contributed by atoms with Crippen LogP contribution in [-0.4, -0.2) is 9.91 Å². The molecule has 0 N–H and O–H groups in total. The van der Waals surface area contributed by atoms with E-state index in [4.69, 9.17) is 11.6 Å². The summed E-state index contributed by atoms with van der Waals surface area (Å²) in [5.74, 6) is 0. The average Bonchev–Trinajstić information content (AvgIpc) is 2.13. The molecule has 0 radical (unpaired) electrons. The van der Waals surface area contributed by atoms with Crippen LogP contribution in [0.5, 0.6) is 0 Å². The topological polar surface area (TPSA) is 56.0 Å². The van der Waals surface area contributed by atoms with Gasteiger partial charge >= 0.3 is 11.9 Å². The molecule has 1 aromatic heterocycles. The van der Waals surface area contributed by atoms with E-state index in [1.54, 1.807) is 0 Å². The molecule has 94 valence electrons. The van der Waals surface area contributed by atoms with Crippen molar-refractivity contribution in [3.8, 4) is 0 Å². The highest BCUT2D eigenvalue weighted by molar-refractivity contribution is 6.33. The standard InChI is InChI=1S/C7H2ClF5N2O2/c8-3-2(7(11,12)13)1-14-4(6(9)10)5(3)15(16)17/h1,6H. The molecule has 0 atom stereocenters. The van der Waals surface area contributed by atoms with Gasteiger partial charge in [0.05, 0.1) is 10.5 Å². The highest BCUT2D eigenvalue weighted by atomic mass is 35.5. The van der Waals surface area contributed by atoms with Crippen molar-refractivity contribution in [1.29, 1.82) is 0 Å². The van der Waals surface area contributed by atoms with Crippen molar-refractivity contribution >= 4 is 17.3 Å². The summed E-state index contributed by atoms with van der Waals surface area (Å²) in [6.07, 6.45) is -8.36. The molecular weight excluding hydrogens is 275 g/mol. The van der Waals surface area contributed by atoms with Gasteiger partial charge in [-0.05, 0) is 0 Å². The van der Waals surface area contributed by atoms with E-state index >= 15 is 0 Å². The molecule has 1 heterocycles. The Kier molecular flexibility index (Phi) is 3.51. The minimum atomic E-state index is -5.00. The third-order valence-electron chi connectivity index (χ3n) is 1.71. The Morgan fingerprint density at radius 3 is 2.29 bits per heavy atom. The second-order valence-corrected chi connectivity index (χ2v) is 3.15. The lowest BCUT2D eigenvalue weighted by Gasteiger charge is -2.10. The van der Waals surface area contributed by atoms with Gasteiger partial charge in [0.25, 0.3) is 6.43 Å². The summed E-state index contributed by atoms with van der Waals surface area (Å²) in [4.78, 5) is 11.7. The van der Waals surface area contributed by atoms with Crippen LogP contribution in [0.2, 0.25) is 5.02 Å². The van der Waals surface area contributed by atoms with Gasteiger partial charge in [-0.3, -0.25) is 10.1 Å². The number of pyridine rings is 1. The number of alkyl halides is 5. The molecule has 0 aliphatic carbocycles. The van der Waals surface area contributed by atoms with Gasteiger partial charge in [0.15, 0.2) is 5.69 Å². The normalized spacial score (nSPS) is 11.9. The second kappa shape index (κ2) is 4.40. The maximum atomic E-state index is 12.3. The minimum Gasteiger partial charge on any atom is -0.258 e. The fourth-order valence-electron chi connectivity index (χ4n) is 1.02. The minimum absolute atomic E-state index is 0.0385. The Morgan fingerprint density at radius 2 is 1.94 bits per heavy atom. The monoisotopic (exact) mass is 276 g/mol. The molecule has 0 fully saturated rings. The molecule has 10 heteroatoms. The van der Waals surface area contributed by atoms with Gasteiger partial charge in [-0.15, -0.1) is 0 Å². The van der Waals surface area contributed by atoms with Gasteiger partial charge in [0.1, 0.15) is 5.02 Å². The summed E-state index contributed by atoms with van der Waals surface area (Å²) in [5, 5.41) is 9.01. The quantitative estimate of drug-likeness (QED) is 0.471. The van der Waals surface area contributed by atoms with Gasteiger partial charge in [-0.1, -0.05) is 11.6 Å². The zero-order chi connectivity index (χ0) is 13.4. The SMILES string of the molecule is O=[N+]([O-])c1c(C(F)F)ncc(C(F)(F)F)c1Cl. The number of hydrogen-bond acceptors (Lipinski definition) is 3. The summed E-state index contributed by atoms with van der Waals surface area (Å²) in [7, 11) is 0. The summed E-state index contributed by atoms with van der Waals surface area (Å²) in [6.45, 7) is 0. The first-order valence-corrected chi connectivity index (χ1v) is 4.22. The predicted octanol–water partition coefficient (Wildman–Crippen LogP) is 3.60. The number of aromatic nitrogens is 1. The Balaban J connectivity index is 3.56. The molecule has 0 aromatic carbocycles. The van der Waals surface area contributed by atoms with Crippen LogP contribution in [0, 0.1) is 10.1 Å². The fraction of sp³-hybridized carbons (Fsp3) is 0.286. The van der Waals surface area contributed by atoms with Crippen LogP contribution in [0.15, 0.2) is 6.20 Å². The smallest absolute Gasteiger partial charge is 0.258 e. The first kappa shape index (κ1) is 13.6. The first-order valence-electron chi connectivity index (χ1n) is 3.84. The van der Waals surface area contributed by atoms with Crippen LogP contribution in [0.1, 0.15) is 17.7 Å². The van der Waals surface area contributed by atoms with Crippen molar-refractivity contribution in [3.63, 3.8) is 0 Å². The van der Waals surface area contributed by atoms with E-state index in [1.807, 2.05) is 0 Å². The van der Waals surface area contributed by atoms with Gasteiger partial charge in [-0.2, -0.15) is 13.2 Å². The van der Waals surface area contributed by atoms with Crippen molar-refractivity contribution < 1.29 is 26.9 Å². The molecular formula is C7H2ClF5N2O2. The number of halogens is 6. The van der Waals surface area contributed by atoms with E-state index in [9.17, 15) is 32.1 Å². The summed E-state index contributed by atoms with van der Waals surface area (Å²) in [6, 6.07) is 0. The zero-order valence-electron chi connectivity index (χ0n) is 7.63. The van der Waals surface area contributed by atoms with Crippen LogP contribution in [-0.2, 0) is 6.18 Å². The molecule has 1 aromatic rings. The molecule has 0 amide bonds. The zero-order valence-corrected chi connectivity index (χ0v) is 8.39. The molecule has 4 nitrogen and oxygen atoms in total. The lowest BCUT2D eigenvalue weighted by atomic mass is 10.2. The van der Waals surface area contributed by atoms with E-state index < -0.39 is 39.5 Å². The van der Waals surface area contributed by atoms with Crippen molar-refractivity contribution in [2.45, 2.75) is 12.6 Å². The van der Waals surface area contributed by atoms with Crippen LogP contribution in [0.25, 0.3) is 0 Å². The highest BCUT2D eigenvalue weighted by Gasteiger charge is 2.39. The summed E-state index contributed by atoms with van der Waals surface area (Å²) >= 11 is 5.10. The third kappa shape index (κ3) is 2.60. The number of nitrogens with zero attached hydrogens (tertiary/aromatic N) is 2. The summed E-state index contributed by atoms with van der Waals surface area (Å²) in [5.41, 5.74) is -4.56.